The average Bonchev–Trinajstić information content (AvgIpc) is 1.83. The van der Waals surface area contributed by atoms with E-state index in [0.29, 0.717) is 6.42 Å². The number of rotatable bonds is 5. The standard InChI is InChI=1S/C5H12N2O4S/c1-2-3-4(5(8)9)7-12(6,10)11/h4,7H,2-3H2,1H3,(H,8,9)(H2,6,10,11)/t4-/m1/s1. The van der Waals surface area contributed by atoms with Crippen molar-refractivity contribution in [1.82, 2.24) is 4.72 Å². The fourth-order valence-electron chi connectivity index (χ4n) is 0.720. The van der Waals surface area contributed by atoms with Gasteiger partial charge in [0, 0.05) is 0 Å². The summed E-state index contributed by atoms with van der Waals surface area (Å²) in [4.78, 5) is 10.4. The SMILES string of the molecule is CCC[C@@H](NS(N)(=O)=O)C(=O)O. The first-order chi connectivity index (χ1) is 5.37. The first-order valence-corrected chi connectivity index (χ1v) is 4.94. The molecule has 0 aliphatic heterocycles. The van der Waals surface area contributed by atoms with Crippen LogP contribution >= 0.6 is 0 Å². The summed E-state index contributed by atoms with van der Waals surface area (Å²) in [6, 6.07) is -1.12. The van der Waals surface area contributed by atoms with Crippen LogP contribution in [0.25, 0.3) is 0 Å². The van der Waals surface area contributed by atoms with E-state index >= 15 is 0 Å². The minimum absolute atomic E-state index is 0.228. The van der Waals surface area contributed by atoms with E-state index < -0.39 is 22.2 Å². The van der Waals surface area contributed by atoms with Crippen LogP contribution in [0.4, 0.5) is 0 Å². The van der Waals surface area contributed by atoms with Gasteiger partial charge in [0.2, 0.25) is 0 Å². The lowest BCUT2D eigenvalue weighted by atomic mass is 10.2. The van der Waals surface area contributed by atoms with Crippen molar-refractivity contribution in [3.63, 3.8) is 0 Å². The minimum Gasteiger partial charge on any atom is -0.480 e. The van der Waals surface area contributed by atoms with Gasteiger partial charge in [-0.15, -0.1) is 0 Å². The summed E-state index contributed by atoms with van der Waals surface area (Å²) in [5.74, 6) is -1.22. The van der Waals surface area contributed by atoms with Gasteiger partial charge >= 0.3 is 5.97 Å². The number of carboxylic acid groups (broad SMARTS) is 1. The number of carboxylic acids is 1. The van der Waals surface area contributed by atoms with Crippen LogP contribution in [0, 0.1) is 0 Å². The molecule has 1 atom stereocenters. The van der Waals surface area contributed by atoms with E-state index in [-0.39, 0.29) is 6.42 Å². The zero-order chi connectivity index (χ0) is 9.78. The first-order valence-electron chi connectivity index (χ1n) is 3.39. The maximum atomic E-state index is 10.4. The van der Waals surface area contributed by atoms with Crippen molar-refractivity contribution in [2.45, 2.75) is 25.8 Å². The van der Waals surface area contributed by atoms with Gasteiger partial charge in [-0.1, -0.05) is 13.3 Å². The lowest BCUT2D eigenvalue weighted by Gasteiger charge is -2.10. The van der Waals surface area contributed by atoms with Crippen molar-refractivity contribution >= 4 is 16.2 Å². The number of hydrogen-bond acceptors (Lipinski definition) is 3. The van der Waals surface area contributed by atoms with Crippen LogP contribution in [0.2, 0.25) is 0 Å². The summed E-state index contributed by atoms with van der Waals surface area (Å²) in [7, 11) is -3.92. The summed E-state index contributed by atoms with van der Waals surface area (Å²) < 4.78 is 22.7. The van der Waals surface area contributed by atoms with Crippen LogP contribution in [0.5, 0.6) is 0 Å². The monoisotopic (exact) mass is 196 g/mol. The molecule has 6 nitrogen and oxygen atoms in total. The predicted octanol–water partition coefficient (Wildman–Crippen LogP) is -0.967. The summed E-state index contributed by atoms with van der Waals surface area (Å²) in [6.07, 6.45) is 0.797. The molecule has 0 amide bonds. The number of aliphatic carboxylic acids is 1. The zero-order valence-electron chi connectivity index (χ0n) is 6.65. The Kier molecular flexibility index (Phi) is 4.15. The normalized spacial score (nSPS) is 14.2. The number of carbonyl (C=O) groups is 1. The second-order valence-electron chi connectivity index (χ2n) is 2.34. The first kappa shape index (κ1) is 11.3. The molecule has 7 heteroatoms. The number of nitrogens with two attached hydrogens (primary N) is 1. The minimum atomic E-state index is -3.92. The van der Waals surface area contributed by atoms with E-state index in [1.165, 1.54) is 0 Å². The molecule has 0 aliphatic carbocycles. The smallest absolute Gasteiger partial charge is 0.321 e. The molecule has 0 aliphatic rings. The Morgan fingerprint density at radius 3 is 2.42 bits per heavy atom. The van der Waals surface area contributed by atoms with Gasteiger partial charge in [-0.2, -0.15) is 13.1 Å². The van der Waals surface area contributed by atoms with E-state index in [9.17, 15) is 13.2 Å². The lowest BCUT2D eigenvalue weighted by Crippen LogP contribution is -2.43. The zero-order valence-corrected chi connectivity index (χ0v) is 7.47. The molecule has 0 fully saturated rings. The molecular formula is C5H12N2O4S. The summed E-state index contributed by atoms with van der Waals surface area (Å²) in [5, 5.41) is 13.1. The third-order valence-corrected chi connectivity index (χ3v) is 1.80. The highest BCUT2D eigenvalue weighted by molar-refractivity contribution is 7.87. The van der Waals surface area contributed by atoms with Gasteiger partial charge < -0.3 is 5.11 Å². The van der Waals surface area contributed by atoms with Crippen molar-refractivity contribution in [2.75, 3.05) is 0 Å². The highest BCUT2D eigenvalue weighted by Crippen LogP contribution is 1.97. The summed E-state index contributed by atoms with van der Waals surface area (Å²) >= 11 is 0. The molecule has 4 N–H and O–H groups in total. The van der Waals surface area contributed by atoms with Crippen molar-refractivity contribution in [3.05, 3.63) is 0 Å². The van der Waals surface area contributed by atoms with Crippen molar-refractivity contribution in [1.29, 1.82) is 0 Å². The van der Waals surface area contributed by atoms with E-state index in [0.717, 1.165) is 0 Å². The van der Waals surface area contributed by atoms with Crippen molar-refractivity contribution in [3.8, 4) is 0 Å². The van der Waals surface area contributed by atoms with E-state index in [1.807, 2.05) is 4.72 Å². The molecule has 0 saturated heterocycles. The van der Waals surface area contributed by atoms with Crippen molar-refractivity contribution in [2.24, 2.45) is 5.14 Å². The third kappa shape index (κ3) is 5.05. The molecule has 0 unspecified atom stereocenters. The highest BCUT2D eigenvalue weighted by Gasteiger charge is 2.19. The molecule has 0 heterocycles. The average molecular weight is 196 g/mol. The molecule has 0 radical (unpaired) electrons. The van der Waals surface area contributed by atoms with Gasteiger partial charge in [-0.25, -0.2) is 5.14 Å². The largest absolute Gasteiger partial charge is 0.480 e. The molecule has 0 aromatic carbocycles. The fraction of sp³-hybridized carbons (Fsp3) is 0.800. The van der Waals surface area contributed by atoms with Gasteiger partial charge in [0.25, 0.3) is 10.2 Å². The molecule has 72 valence electrons. The molecule has 0 rings (SSSR count). The Morgan fingerprint density at radius 2 is 2.17 bits per heavy atom. The lowest BCUT2D eigenvalue weighted by molar-refractivity contribution is -0.139. The second-order valence-corrected chi connectivity index (χ2v) is 3.67. The van der Waals surface area contributed by atoms with Gasteiger partial charge in [-0.3, -0.25) is 4.79 Å². The van der Waals surface area contributed by atoms with Crippen LogP contribution in [-0.2, 0) is 15.0 Å². The van der Waals surface area contributed by atoms with Gasteiger partial charge in [0.1, 0.15) is 6.04 Å². The quantitative estimate of drug-likeness (QED) is 0.525. The van der Waals surface area contributed by atoms with Crippen LogP contribution in [-0.4, -0.2) is 25.5 Å². The summed E-state index contributed by atoms with van der Waals surface area (Å²) in [5.41, 5.74) is 0. The molecule has 12 heavy (non-hydrogen) atoms. The van der Waals surface area contributed by atoms with Crippen LogP contribution in [0.3, 0.4) is 0 Å². The van der Waals surface area contributed by atoms with Gasteiger partial charge in [-0.05, 0) is 6.42 Å². The molecular weight excluding hydrogens is 184 g/mol. The molecule has 0 spiro atoms. The van der Waals surface area contributed by atoms with Gasteiger partial charge in [0.05, 0.1) is 0 Å². The molecule has 0 aromatic rings. The van der Waals surface area contributed by atoms with Crippen LogP contribution in [0.1, 0.15) is 19.8 Å². The fourth-order valence-corrected chi connectivity index (χ4v) is 1.34. The Labute approximate surface area is 70.9 Å². The van der Waals surface area contributed by atoms with Gasteiger partial charge in [0.15, 0.2) is 0 Å². The highest BCUT2D eigenvalue weighted by atomic mass is 32.2. The Balaban J connectivity index is 4.24. The third-order valence-electron chi connectivity index (χ3n) is 1.18. The summed E-state index contributed by atoms with van der Waals surface area (Å²) in [6.45, 7) is 1.75. The second kappa shape index (κ2) is 4.39. The Hall–Kier alpha value is -0.660. The van der Waals surface area contributed by atoms with Crippen molar-refractivity contribution < 1.29 is 18.3 Å². The predicted molar refractivity (Wildman–Crippen MR) is 42.6 cm³/mol. The Bertz CT molecular complexity index is 248. The van der Waals surface area contributed by atoms with Crippen LogP contribution < -0.4 is 9.86 Å². The van der Waals surface area contributed by atoms with Crippen LogP contribution in [0.15, 0.2) is 0 Å². The molecule has 0 saturated carbocycles. The topological polar surface area (TPSA) is 109 Å². The van der Waals surface area contributed by atoms with E-state index in [2.05, 4.69) is 5.14 Å². The molecule has 0 bridgehead atoms. The number of hydrogen-bond donors (Lipinski definition) is 3. The molecule has 0 aromatic heterocycles. The number of nitrogens with one attached hydrogen (secondary N) is 1. The maximum absolute atomic E-state index is 10.4. The van der Waals surface area contributed by atoms with E-state index in [1.54, 1.807) is 6.92 Å². The Morgan fingerprint density at radius 1 is 1.67 bits per heavy atom. The maximum Gasteiger partial charge on any atom is 0.321 e. The van der Waals surface area contributed by atoms with E-state index in [4.69, 9.17) is 5.11 Å².